The van der Waals surface area contributed by atoms with Gasteiger partial charge in [0.25, 0.3) is 0 Å². The van der Waals surface area contributed by atoms with Crippen molar-refractivity contribution in [2.24, 2.45) is 0 Å². The molecule has 1 aromatic rings. The number of para-hydroxylation sites is 1. The first-order valence-corrected chi connectivity index (χ1v) is 5.08. The maximum atomic E-state index is 5.62. The summed E-state index contributed by atoms with van der Waals surface area (Å²) in [6.07, 6.45) is 0.845. The van der Waals surface area contributed by atoms with E-state index in [1.54, 1.807) is 0 Å². The predicted molar refractivity (Wildman–Crippen MR) is 57.5 cm³/mol. The van der Waals surface area contributed by atoms with E-state index in [0.29, 0.717) is 0 Å². The number of aryl methyl sites for hydroxylation is 1. The first kappa shape index (κ1) is 11.1. The van der Waals surface area contributed by atoms with Gasteiger partial charge in [-0.15, -0.1) is 0 Å². The van der Waals surface area contributed by atoms with Crippen LogP contribution in [-0.4, -0.2) is 12.9 Å². The number of hydrogen-bond donors (Lipinski definition) is 0. The van der Waals surface area contributed by atoms with Gasteiger partial charge in [-0.2, -0.15) is 0 Å². The van der Waals surface area contributed by atoms with Crippen LogP contribution in [0.25, 0.3) is 0 Å². The standard InChI is InChI=1S/C12H18O2/c1-4-9-13-11(3)14-12-8-6-5-7-10(12)2/h5-8,11H,4,9H2,1-3H3. The molecule has 0 aromatic heterocycles. The first-order chi connectivity index (χ1) is 6.74. The van der Waals surface area contributed by atoms with Crippen molar-refractivity contribution in [3.8, 4) is 5.75 Å². The molecule has 0 saturated heterocycles. The molecule has 78 valence electrons. The molecule has 0 radical (unpaired) electrons. The van der Waals surface area contributed by atoms with Crippen molar-refractivity contribution in [1.29, 1.82) is 0 Å². The number of rotatable bonds is 5. The van der Waals surface area contributed by atoms with Crippen molar-refractivity contribution in [2.45, 2.75) is 33.5 Å². The Hall–Kier alpha value is -1.02. The average Bonchev–Trinajstić information content (AvgIpc) is 2.18. The van der Waals surface area contributed by atoms with Crippen molar-refractivity contribution in [2.75, 3.05) is 6.61 Å². The van der Waals surface area contributed by atoms with E-state index in [2.05, 4.69) is 6.92 Å². The smallest absolute Gasteiger partial charge is 0.196 e. The highest BCUT2D eigenvalue weighted by molar-refractivity contribution is 5.31. The molecule has 0 heterocycles. The summed E-state index contributed by atoms with van der Waals surface area (Å²) in [4.78, 5) is 0. The molecule has 1 atom stereocenters. The molecule has 2 heteroatoms. The zero-order chi connectivity index (χ0) is 10.4. The quantitative estimate of drug-likeness (QED) is 0.670. The minimum atomic E-state index is -0.170. The Labute approximate surface area is 85.8 Å². The minimum Gasteiger partial charge on any atom is -0.465 e. The first-order valence-electron chi connectivity index (χ1n) is 5.08. The second kappa shape index (κ2) is 5.66. The molecule has 1 rings (SSSR count). The van der Waals surface area contributed by atoms with E-state index < -0.39 is 0 Å². The maximum absolute atomic E-state index is 5.62. The fraction of sp³-hybridized carbons (Fsp3) is 0.500. The van der Waals surface area contributed by atoms with Gasteiger partial charge in [-0.25, -0.2) is 0 Å². The van der Waals surface area contributed by atoms with Crippen LogP contribution < -0.4 is 4.74 Å². The molecule has 0 fully saturated rings. The highest BCUT2D eigenvalue weighted by atomic mass is 16.7. The molecule has 1 aromatic carbocycles. The Balaban J connectivity index is 2.47. The molecule has 0 spiro atoms. The summed E-state index contributed by atoms with van der Waals surface area (Å²) < 4.78 is 11.1. The molecule has 0 bridgehead atoms. The fourth-order valence-corrected chi connectivity index (χ4v) is 1.19. The zero-order valence-electron chi connectivity index (χ0n) is 9.12. The third kappa shape index (κ3) is 3.38. The monoisotopic (exact) mass is 194 g/mol. The molecule has 0 amide bonds. The van der Waals surface area contributed by atoms with Gasteiger partial charge in [-0.1, -0.05) is 25.1 Å². The molecule has 0 N–H and O–H groups in total. The molecular formula is C12H18O2. The Morgan fingerprint density at radius 1 is 1.29 bits per heavy atom. The van der Waals surface area contributed by atoms with Gasteiger partial charge in [-0.05, 0) is 31.9 Å². The van der Waals surface area contributed by atoms with E-state index in [-0.39, 0.29) is 6.29 Å². The Morgan fingerprint density at radius 2 is 2.00 bits per heavy atom. The van der Waals surface area contributed by atoms with Gasteiger partial charge in [0.1, 0.15) is 5.75 Å². The summed E-state index contributed by atoms with van der Waals surface area (Å²) in [6, 6.07) is 7.96. The van der Waals surface area contributed by atoms with Gasteiger partial charge in [0.15, 0.2) is 6.29 Å². The van der Waals surface area contributed by atoms with Crippen molar-refractivity contribution < 1.29 is 9.47 Å². The van der Waals surface area contributed by atoms with E-state index >= 15 is 0 Å². The van der Waals surface area contributed by atoms with E-state index in [1.807, 2.05) is 38.1 Å². The number of hydrogen-bond acceptors (Lipinski definition) is 2. The highest BCUT2D eigenvalue weighted by Gasteiger charge is 2.04. The van der Waals surface area contributed by atoms with Crippen LogP contribution in [0.15, 0.2) is 24.3 Å². The summed E-state index contributed by atoms with van der Waals surface area (Å²) in [5, 5.41) is 0. The largest absolute Gasteiger partial charge is 0.465 e. The topological polar surface area (TPSA) is 18.5 Å². The van der Waals surface area contributed by atoms with Crippen molar-refractivity contribution in [3.63, 3.8) is 0 Å². The van der Waals surface area contributed by atoms with E-state index in [0.717, 1.165) is 24.3 Å². The SMILES string of the molecule is CCCOC(C)Oc1ccccc1C. The summed E-state index contributed by atoms with van der Waals surface area (Å²) in [7, 11) is 0. The van der Waals surface area contributed by atoms with E-state index in [4.69, 9.17) is 9.47 Å². The van der Waals surface area contributed by atoms with Crippen LogP contribution in [0.5, 0.6) is 5.75 Å². The predicted octanol–water partition coefficient (Wildman–Crippen LogP) is 3.15. The van der Waals surface area contributed by atoms with Crippen LogP contribution in [0.3, 0.4) is 0 Å². The van der Waals surface area contributed by atoms with Crippen LogP contribution in [-0.2, 0) is 4.74 Å². The van der Waals surface area contributed by atoms with Crippen LogP contribution in [0.4, 0.5) is 0 Å². The molecule has 0 aliphatic carbocycles. The van der Waals surface area contributed by atoms with Gasteiger partial charge in [-0.3, -0.25) is 0 Å². The molecule has 0 aliphatic rings. The van der Waals surface area contributed by atoms with Gasteiger partial charge in [0.2, 0.25) is 0 Å². The number of ether oxygens (including phenoxy) is 2. The Bertz CT molecular complexity index is 271. The lowest BCUT2D eigenvalue weighted by atomic mass is 10.2. The van der Waals surface area contributed by atoms with Crippen LogP contribution in [0, 0.1) is 6.92 Å². The minimum absolute atomic E-state index is 0.170. The van der Waals surface area contributed by atoms with Crippen molar-refractivity contribution in [1.82, 2.24) is 0 Å². The van der Waals surface area contributed by atoms with Crippen LogP contribution in [0.2, 0.25) is 0 Å². The van der Waals surface area contributed by atoms with Crippen molar-refractivity contribution >= 4 is 0 Å². The van der Waals surface area contributed by atoms with Crippen LogP contribution in [0.1, 0.15) is 25.8 Å². The van der Waals surface area contributed by atoms with Gasteiger partial charge < -0.3 is 9.47 Å². The number of benzene rings is 1. The fourth-order valence-electron chi connectivity index (χ4n) is 1.19. The summed E-state index contributed by atoms with van der Waals surface area (Å²) in [6.45, 7) is 6.78. The Kier molecular flexibility index (Phi) is 4.47. The maximum Gasteiger partial charge on any atom is 0.196 e. The van der Waals surface area contributed by atoms with Gasteiger partial charge >= 0.3 is 0 Å². The van der Waals surface area contributed by atoms with E-state index in [1.165, 1.54) is 0 Å². The average molecular weight is 194 g/mol. The second-order valence-electron chi connectivity index (χ2n) is 3.32. The molecule has 0 saturated carbocycles. The molecular weight excluding hydrogens is 176 g/mol. The molecule has 2 nitrogen and oxygen atoms in total. The molecule has 14 heavy (non-hydrogen) atoms. The van der Waals surface area contributed by atoms with Gasteiger partial charge in [0, 0.05) is 0 Å². The lowest BCUT2D eigenvalue weighted by molar-refractivity contribution is -0.0666. The summed E-state index contributed by atoms with van der Waals surface area (Å²) in [5.74, 6) is 0.899. The molecule has 0 aliphatic heterocycles. The highest BCUT2D eigenvalue weighted by Crippen LogP contribution is 2.17. The van der Waals surface area contributed by atoms with Gasteiger partial charge in [0.05, 0.1) is 6.61 Å². The summed E-state index contributed by atoms with van der Waals surface area (Å²) in [5.41, 5.74) is 1.14. The summed E-state index contributed by atoms with van der Waals surface area (Å²) >= 11 is 0. The Morgan fingerprint density at radius 3 is 2.64 bits per heavy atom. The lowest BCUT2D eigenvalue weighted by Gasteiger charge is -2.16. The second-order valence-corrected chi connectivity index (χ2v) is 3.32. The molecule has 1 unspecified atom stereocenters. The third-order valence-corrected chi connectivity index (χ3v) is 1.94. The van der Waals surface area contributed by atoms with Crippen molar-refractivity contribution in [3.05, 3.63) is 29.8 Å². The lowest BCUT2D eigenvalue weighted by Crippen LogP contribution is -2.17. The van der Waals surface area contributed by atoms with Crippen LogP contribution >= 0.6 is 0 Å². The normalized spacial score (nSPS) is 12.5. The third-order valence-electron chi connectivity index (χ3n) is 1.94. The van der Waals surface area contributed by atoms with E-state index in [9.17, 15) is 0 Å². The zero-order valence-corrected chi connectivity index (χ0v) is 9.12.